The van der Waals surface area contributed by atoms with Crippen LogP contribution in [0.3, 0.4) is 0 Å². The SMILES string of the molecule is COc1ccc(C2(CO)CC2)cc1Cl. The quantitative estimate of drug-likeness (QED) is 0.834. The first-order chi connectivity index (χ1) is 6.72. The lowest BCUT2D eigenvalue weighted by Crippen LogP contribution is -2.11. The van der Waals surface area contributed by atoms with Crippen molar-refractivity contribution >= 4 is 11.6 Å². The van der Waals surface area contributed by atoms with Crippen LogP contribution in [0.5, 0.6) is 5.75 Å². The summed E-state index contributed by atoms with van der Waals surface area (Å²) >= 11 is 6.01. The van der Waals surface area contributed by atoms with Gasteiger partial charge in [-0.05, 0) is 30.5 Å². The minimum Gasteiger partial charge on any atom is -0.495 e. The van der Waals surface area contributed by atoms with Crippen LogP contribution in [0.2, 0.25) is 5.02 Å². The highest BCUT2D eigenvalue weighted by Gasteiger charge is 2.43. The van der Waals surface area contributed by atoms with Gasteiger partial charge in [0.2, 0.25) is 0 Å². The highest BCUT2D eigenvalue weighted by molar-refractivity contribution is 6.32. The van der Waals surface area contributed by atoms with Gasteiger partial charge in [-0.3, -0.25) is 0 Å². The van der Waals surface area contributed by atoms with Gasteiger partial charge < -0.3 is 9.84 Å². The summed E-state index contributed by atoms with van der Waals surface area (Å²) in [5, 5.41) is 9.87. The van der Waals surface area contributed by atoms with Gasteiger partial charge in [0.05, 0.1) is 18.7 Å². The van der Waals surface area contributed by atoms with Crippen LogP contribution in [0.25, 0.3) is 0 Å². The lowest BCUT2D eigenvalue weighted by atomic mass is 9.97. The Bertz CT molecular complexity index is 345. The van der Waals surface area contributed by atoms with Crippen molar-refractivity contribution in [2.75, 3.05) is 13.7 Å². The van der Waals surface area contributed by atoms with E-state index in [2.05, 4.69) is 0 Å². The normalized spacial score (nSPS) is 17.9. The molecule has 76 valence electrons. The molecule has 3 heteroatoms. The predicted molar refractivity (Wildman–Crippen MR) is 56.0 cm³/mol. The molecule has 0 spiro atoms. The summed E-state index contributed by atoms with van der Waals surface area (Å²) in [4.78, 5) is 0. The molecule has 1 aliphatic rings. The third-order valence-electron chi connectivity index (χ3n) is 2.92. The van der Waals surface area contributed by atoms with Gasteiger partial charge in [-0.25, -0.2) is 0 Å². The average Bonchev–Trinajstić information content (AvgIpc) is 2.98. The molecular formula is C11H13ClO2. The summed E-state index contributed by atoms with van der Waals surface area (Å²) in [7, 11) is 1.60. The monoisotopic (exact) mass is 212 g/mol. The maximum Gasteiger partial charge on any atom is 0.137 e. The first-order valence-corrected chi connectivity index (χ1v) is 5.04. The summed E-state index contributed by atoms with van der Waals surface area (Å²) < 4.78 is 5.07. The van der Waals surface area contributed by atoms with Gasteiger partial charge in [0, 0.05) is 5.41 Å². The first kappa shape index (κ1) is 9.81. The molecular weight excluding hydrogens is 200 g/mol. The topological polar surface area (TPSA) is 29.5 Å². The minimum absolute atomic E-state index is 0.0179. The number of hydrogen-bond acceptors (Lipinski definition) is 2. The summed E-state index contributed by atoms with van der Waals surface area (Å²) in [5.41, 5.74) is 1.10. The lowest BCUT2D eigenvalue weighted by Gasteiger charge is -2.13. The number of ether oxygens (including phenoxy) is 1. The van der Waals surface area contributed by atoms with Crippen LogP contribution in [0.15, 0.2) is 18.2 Å². The molecule has 1 aromatic carbocycles. The summed E-state index contributed by atoms with van der Waals surface area (Å²) in [5.74, 6) is 0.684. The van der Waals surface area contributed by atoms with Crippen LogP contribution < -0.4 is 4.74 Å². The van der Waals surface area contributed by atoms with Gasteiger partial charge in [0.25, 0.3) is 0 Å². The minimum atomic E-state index is -0.0179. The van der Waals surface area contributed by atoms with E-state index in [1.807, 2.05) is 18.2 Å². The number of hydrogen-bond donors (Lipinski definition) is 1. The van der Waals surface area contributed by atoms with Gasteiger partial charge in [-0.2, -0.15) is 0 Å². The van der Waals surface area contributed by atoms with Crippen LogP contribution in [0.1, 0.15) is 18.4 Å². The molecule has 0 amide bonds. The maximum absolute atomic E-state index is 9.25. The molecule has 1 aliphatic carbocycles. The molecule has 1 aromatic rings. The third-order valence-corrected chi connectivity index (χ3v) is 3.22. The van der Waals surface area contributed by atoms with E-state index in [1.54, 1.807) is 7.11 Å². The van der Waals surface area contributed by atoms with Gasteiger partial charge >= 0.3 is 0 Å². The van der Waals surface area contributed by atoms with Crippen LogP contribution in [-0.2, 0) is 5.41 Å². The fourth-order valence-corrected chi connectivity index (χ4v) is 1.94. The Labute approximate surface area is 88.5 Å². The second-order valence-corrected chi connectivity index (χ2v) is 4.19. The molecule has 0 heterocycles. The first-order valence-electron chi connectivity index (χ1n) is 4.67. The van der Waals surface area contributed by atoms with E-state index in [0.29, 0.717) is 10.8 Å². The zero-order valence-electron chi connectivity index (χ0n) is 8.09. The molecule has 0 bridgehead atoms. The standard InChI is InChI=1S/C11H13ClO2/c1-14-10-3-2-8(6-9(10)12)11(7-13)4-5-11/h2-3,6,13H,4-5,7H2,1H3. The fraction of sp³-hybridized carbons (Fsp3) is 0.455. The Morgan fingerprint density at radius 3 is 2.64 bits per heavy atom. The third kappa shape index (κ3) is 1.49. The highest BCUT2D eigenvalue weighted by Crippen LogP contribution is 2.48. The van der Waals surface area contributed by atoms with Crippen LogP contribution in [0.4, 0.5) is 0 Å². The second kappa shape index (κ2) is 3.44. The fourth-order valence-electron chi connectivity index (χ4n) is 1.69. The predicted octanol–water partition coefficient (Wildman–Crippen LogP) is 2.37. The van der Waals surface area contributed by atoms with Crippen LogP contribution in [-0.4, -0.2) is 18.8 Å². The van der Waals surface area contributed by atoms with Gasteiger partial charge in [0.15, 0.2) is 0 Å². The maximum atomic E-state index is 9.25. The van der Waals surface area contributed by atoms with Gasteiger partial charge in [-0.15, -0.1) is 0 Å². The van der Waals surface area contributed by atoms with Crippen molar-refractivity contribution in [3.8, 4) is 5.75 Å². The van der Waals surface area contributed by atoms with Crippen molar-refractivity contribution < 1.29 is 9.84 Å². The number of rotatable bonds is 3. The summed E-state index contributed by atoms with van der Waals surface area (Å²) in [6.45, 7) is 0.204. The smallest absolute Gasteiger partial charge is 0.137 e. The van der Waals surface area contributed by atoms with E-state index < -0.39 is 0 Å². The highest BCUT2D eigenvalue weighted by atomic mass is 35.5. The molecule has 1 saturated carbocycles. The molecule has 2 nitrogen and oxygen atoms in total. The van der Waals surface area contributed by atoms with E-state index in [-0.39, 0.29) is 12.0 Å². The van der Waals surface area contributed by atoms with Crippen molar-refractivity contribution in [1.29, 1.82) is 0 Å². The van der Waals surface area contributed by atoms with Gasteiger partial charge in [0.1, 0.15) is 5.75 Å². The van der Waals surface area contributed by atoms with E-state index in [1.165, 1.54) is 0 Å². The molecule has 2 rings (SSSR count). The molecule has 0 unspecified atom stereocenters. The second-order valence-electron chi connectivity index (χ2n) is 3.79. The van der Waals surface area contributed by atoms with Crippen molar-refractivity contribution in [3.63, 3.8) is 0 Å². The molecule has 0 aromatic heterocycles. The molecule has 0 atom stereocenters. The Morgan fingerprint density at radius 1 is 1.50 bits per heavy atom. The van der Waals surface area contributed by atoms with Crippen molar-refractivity contribution in [2.45, 2.75) is 18.3 Å². The zero-order chi connectivity index (χ0) is 10.2. The molecule has 0 saturated heterocycles. The molecule has 14 heavy (non-hydrogen) atoms. The Hall–Kier alpha value is -0.730. The Morgan fingerprint density at radius 2 is 2.21 bits per heavy atom. The largest absolute Gasteiger partial charge is 0.495 e. The van der Waals surface area contributed by atoms with E-state index in [9.17, 15) is 5.11 Å². The van der Waals surface area contributed by atoms with Crippen LogP contribution in [0, 0.1) is 0 Å². The van der Waals surface area contributed by atoms with E-state index in [0.717, 1.165) is 18.4 Å². The lowest BCUT2D eigenvalue weighted by molar-refractivity contribution is 0.255. The van der Waals surface area contributed by atoms with E-state index >= 15 is 0 Å². The Kier molecular flexibility index (Phi) is 2.41. The average molecular weight is 213 g/mol. The molecule has 0 radical (unpaired) electrons. The van der Waals surface area contributed by atoms with Crippen molar-refractivity contribution in [2.24, 2.45) is 0 Å². The van der Waals surface area contributed by atoms with Crippen molar-refractivity contribution in [1.82, 2.24) is 0 Å². The summed E-state index contributed by atoms with van der Waals surface area (Å²) in [6.07, 6.45) is 2.10. The number of aliphatic hydroxyl groups excluding tert-OH is 1. The number of halogens is 1. The number of aliphatic hydroxyl groups is 1. The van der Waals surface area contributed by atoms with Gasteiger partial charge in [-0.1, -0.05) is 17.7 Å². The summed E-state index contributed by atoms with van der Waals surface area (Å²) in [6, 6.07) is 5.73. The Balaban J connectivity index is 2.33. The van der Waals surface area contributed by atoms with Crippen molar-refractivity contribution in [3.05, 3.63) is 28.8 Å². The molecule has 0 aliphatic heterocycles. The number of methoxy groups -OCH3 is 1. The molecule has 1 fully saturated rings. The zero-order valence-corrected chi connectivity index (χ0v) is 8.84. The van der Waals surface area contributed by atoms with E-state index in [4.69, 9.17) is 16.3 Å². The molecule has 1 N–H and O–H groups in total. The van der Waals surface area contributed by atoms with Crippen LogP contribution >= 0.6 is 11.6 Å². The number of benzene rings is 1.